The van der Waals surface area contributed by atoms with Gasteiger partial charge >= 0.3 is 0 Å². The number of aromatic nitrogens is 4. The Morgan fingerprint density at radius 2 is 2.04 bits per heavy atom. The molecule has 1 fully saturated rings. The molecule has 9 nitrogen and oxygen atoms in total. The lowest BCUT2D eigenvalue weighted by Gasteiger charge is -2.16. The molecule has 1 saturated heterocycles. The van der Waals surface area contributed by atoms with Crippen LogP contribution in [0.15, 0.2) is 43.0 Å². The van der Waals surface area contributed by atoms with Gasteiger partial charge in [-0.15, -0.1) is 0 Å². The monoisotopic (exact) mass is 373 g/mol. The van der Waals surface area contributed by atoms with Gasteiger partial charge in [0.1, 0.15) is 18.5 Å². The van der Waals surface area contributed by atoms with Gasteiger partial charge in [-0.1, -0.05) is 18.2 Å². The van der Waals surface area contributed by atoms with E-state index in [1.807, 2.05) is 0 Å². The first kappa shape index (κ1) is 17.5. The fraction of sp³-hybridized carbons (Fsp3) is 0.294. The van der Waals surface area contributed by atoms with Crippen molar-refractivity contribution < 1.29 is 24.1 Å². The summed E-state index contributed by atoms with van der Waals surface area (Å²) >= 11 is 0. The van der Waals surface area contributed by atoms with Crippen molar-refractivity contribution in [2.24, 2.45) is 0 Å². The van der Waals surface area contributed by atoms with E-state index in [0.29, 0.717) is 5.56 Å². The molecule has 27 heavy (non-hydrogen) atoms. The van der Waals surface area contributed by atoms with Crippen molar-refractivity contribution >= 4 is 22.9 Å². The molecule has 0 radical (unpaired) electrons. The van der Waals surface area contributed by atoms with E-state index >= 15 is 0 Å². The Labute approximate surface area is 152 Å². The number of fused-ring (bicyclic) bond motifs is 1. The predicted molar refractivity (Wildman–Crippen MR) is 91.6 cm³/mol. The molecule has 4 atom stereocenters. The molecule has 0 aliphatic carbocycles. The van der Waals surface area contributed by atoms with E-state index in [0.717, 1.165) is 0 Å². The number of hydrogen-bond acceptors (Lipinski definition) is 7. The molecule has 1 amide bonds. The number of imidazole rings is 1. The Kier molecular flexibility index (Phi) is 4.52. The largest absolute Gasteiger partial charge is 0.394 e. The second-order valence-electron chi connectivity index (χ2n) is 6.05. The molecular weight excluding hydrogens is 357 g/mol. The van der Waals surface area contributed by atoms with Gasteiger partial charge < -0.3 is 20.3 Å². The predicted octanol–water partition coefficient (Wildman–Crippen LogP) is 0.667. The molecule has 1 aromatic carbocycles. The summed E-state index contributed by atoms with van der Waals surface area (Å²) in [4.78, 5) is 24.7. The number of rotatable bonds is 4. The quantitative estimate of drug-likeness (QED) is 0.614. The molecule has 0 saturated carbocycles. The number of aliphatic hydroxyl groups is 2. The van der Waals surface area contributed by atoms with Crippen LogP contribution in [0.1, 0.15) is 16.6 Å². The zero-order valence-corrected chi connectivity index (χ0v) is 13.9. The van der Waals surface area contributed by atoms with Crippen LogP contribution in [-0.4, -0.2) is 60.6 Å². The average molecular weight is 373 g/mol. The van der Waals surface area contributed by atoms with Crippen molar-refractivity contribution in [1.29, 1.82) is 0 Å². The second-order valence-corrected chi connectivity index (χ2v) is 6.05. The van der Waals surface area contributed by atoms with E-state index in [1.165, 1.54) is 17.2 Å². The number of hydrogen-bond donors (Lipinski definition) is 3. The first-order valence-electron chi connectivity index (χ1n) is 8.22. The number of amides is 1. The molecule has 10 heteroatoms. The second kappa shape index (κ2) is 6.99. The van der Waals surface area contributed by atoms with E-state index in [4.69, 9.17) is 9.84 Å². The van der Waals surface area contributed by atoms with Crippen molar-refractivity contribution in [3.63, 3.8) is 0 Å². The van der Waals surface area contributed by atoms with Gasteiger partial charge in [-0.25, -0.2) is 19.3 Å². The summed E-state index contributed by atoms with van der Waals surface area (Å²) < 4.78 is 20.7. The Balaban J connectivity index is 1.65. The van der Waals surface area contributed by atoms with Crippen LogP contribution in [0.5, 0.6) is 0 Å². The highest BCUT2D eigenvalue weighted by Gasteiger charge is 2.45. The normalized spacial score (nSPS) is 25.0. The smallest absolute Gasteiger partial charge is 0.256 e. The van der Waals surface area contributed by atoms with Gasteiger partial charge in [0, 0.05) is 5.56 Å². The van der Waals surface area contributed by atoms with Crippen molar-refractivity contribution in [2.75, 3.05) is 11.9 Å². The Morgan fingerprint density at radius 1 is 1.26 bits per heavy atom. The zero-order valence-electron chi connectivity index (χ0n) is 13.9. The lowest BCUT2D eigenvalue weighted by Crippen LogP contribution is -2.29. The van der Waals surface area contributed by atoms with Crippen molar-refractivity contribution in [3.05, 3.63) is 48.5 Å². The topological polar surface area (TPSA) is 122 Å². The maximum atomic E-state index is 14.0. The number of aliphatic hydroxyl groups excluding tert-OH is 2. The lowest BCUT2D eigenvalue weighted by molar-refractivity contribution is -0.0495. The third kappa shape index (κ3) is 3.03. The van der Waals surface area contributed by atoms with Gasteiger partial charge in [0.05, 0.1) is 12.9 Å². The first-order valence-corrected chi connectivity index (χ1v) is 8.22. The van der Waals surface area contributed by atoms with Crippen LogP contribution < -0.4 is 5.32 Å². The molecule has 0 unspecified atom stereocenters. The molecule has 2 aromatic heterocycles. The molecule has 1 aliphatic heterocycles. The number of carbonyl (C=O) groups excluding carboxylic acids is 1. The number of ether oxygens (including phenoxy) is 1. The van der Waals surface area contributed by atoms with Gasteiger partial charge in [-0.2, -0.15) is 0 Å². The number of nitrogens with one attached hydrogen (secondary N) is 1. The summed E-state index contributed by atoms with van der Waals surface area (Å²) in [6, 6.07) is 8.59. The SMILES string of the molecule is O=C(Nc1ncnc2c1ncn2[C@@H]1O[C@H](CO)[C@H](F)[C@H]1O)c1ccccc1. The highest BCUT2D eigenvalue weighted by molar-refractivity contribution is 6.06. The van der Waals surface area contributed by atoms with E-state index in [1.54, 1.807) is 30.3 Å². The average Bonchev–Trinajstić information content (AvgIpc) is 3.25. The fourth-order valence-corrected chi connectivity index (χ4v) is 2.98. The molecule has 3 heterocycles. The third-order valence-corrected chi connectivity index (χ3v) is 4.37. The molecule has 0 bridgehead atoms. The third-order valence-electron chi connectivity index (χ3n) is 4.37. The van der Waals surface area contributed by atoms with Gasteiger partial charge in [-0.05, 0) is 12.1 Å². The summed E-state index contributed by atoms with van der Waals surface area (Å²) in [6.07, 6.45) is -2.93. The minimum atomic E-state index is -1.74. The van der Waals surface area contributed by atoms with E-state index in [-0.39, 0.29) is 22.9 Å². The molecule has 0 spiro atoms. The standard InChI is InChI=1S/C17H16FN5O4/c18-11-10(6-24)27-17(13(11)25)23-8-21-12-14(19-7-20-15(12)23)22-16(26)9-4-2-1-3-5-9/h1-5,7-8,10-11,13,17,24-25H,6H2,(H,19,20,22,26)/t10-,11+,13-,17-/m1/s1. The van der Waals surface area contributed by atoms with Gasteiger partial charge in [0.2, 0.25) is 0 Å². The van der Waals surface area contributed by atoms with E-state index < -0.39 is 31.2 Å². The Hall–Kier alpha value is -2.95. The maximum absolute atomic E-state index is 14.0. The van der Waals surface area contributed by atoms with E-state index in [9.17, 15) is 14.3 Å². The van der Waals surface area contributed by atoms with Crippen molar-refractivity contribution in [3.8, 4) is 0 Å². The van der Waals surface area contributed by atoms with Crippen molar-refractivity contribution in [1.82, 2.24) is 19.5 Å². The summed E-state index contributed by atoms with van der Waals surface area (Å²) in [6.45, 7) is -0.561. The van der Waals surface area contributed by atoms with Crippen LogP contribution in [0.25, 0.3) is 11.2 Å². The maximum Gasteiger partial charge on any atom is 0.256 e. The number of nitrogens with zero attached hydrogens (tertiary/aromatic N) is 4. The highest BCUT2D eigenvalue weighted by atomic mass is 19.1. The Morgan fingerprint density at radius 3 is 2.74 bits per heavy atom. The minimum Gasteiger partial charge on any atom is -0.394 e. The summed E-state index contributed by atoms with van der Waals surface area (Å²) in [5.41, 5.74) is 0.966. The van der Waals surface area contributed by atoms with Crippen LogP contribution in [0.2, 0.25) is 0 Å². The van der Waals surface area contributed by atoms with E-state index in [2.05, 4.69) is 20.3 Å². The Bertz CT molecular complexity index is 966. The van der Waals surface area contributed by atoms with Gasteiger partial charge in [-0.3, -0.25) is 9.36 Å². The molecule has 1 aliphatic rings. The van der Waals surface area contributed by atoms with Crippen molar-refractivity contribution in [2.45, 2.75) is 24.6 Å². The highest BCUT2D eigenvalue weighted by Crippen LogP contribution is 2.33. The number of carbonyl (C=O) groups is 1. The molecule has 3 N–H and O–H groups in total. The van der Waals surface area contributed by atoms with Crippen LogP contribution in [0.4, 0.5) is 10.2 Å². The van der Waals surface area contributed by atoms with Crippen LogP contribution in [0.3, 0.4) is 0 Å². The lowest BCUT2D eigenvalue weighted by atomic mass is 10.1. The molecule has 140 valence electrons. The number of benzene rings is 1. The first-order chi connectivity index (χ1) is 13.1. The van der Waals surface area contributed by atoms with Crippen LogP contribution in [-0.2, 0) is 4.74 Å². The summed E-state index contributed by atoms with van der Waals surface area (Å²) in [5, 5.41) is 21.9. The van der Waals surface area contributed by atoms with Crippen LogP contribution in [0, 0.1) is 0 Å². The zero-order chi connectivity index (χ0) is 19.0. The minimum absolute atomic E-state index is 0.176. The van der Waals surface area contributed by atoms with Gasteiger partial charge in [0.15, 0.2) is 29.4 Å². The summed E-state index contributed by atoms with van der Waals surface area (Å²) in [5.74, 6) is -0.193. The fourth-order valence-electron chi connectivity index (χ4n) is 2.98. The number of halogens is 1. The molecule has 3 aromatic rings. The van der Waals surface area contributed by atoms with Gasteiger partial charge in [0.25, 0.3) is 5.91 Å². The van der Waals surface area contributed by atoms with Crippen LogP contribution >= 0.6 is 0 Å². The molecular formula is C17H16FN5O4. The number of alkyl halides is 1. The number of anilines is 1. The molecule has 4 rings (SSSR count). The summed E-state index contributed by atoms with van der Waals surface area (Å²) in [7, 11) is 0.